The molecule has 2 aromatic carbocycles. The van der Waals surface area contributed by atoms with Crippen molar-refractivity contribution < 1.29 is 9.45 Å². The van der Waals surface area contributed by atoms with Crippen LogP contribution in [0.1, 0.15) is 25.0 Å². The third kappa shape index (κ3) is 2.98. The SMILES string of the molecule is CC(=O)C1=C(N)O[B-](c2ccc(C)cc2)(c2ccc(C)cc2)N=C1C. The molecule has 0 bridgehead atoms. The van der Waals surface area contributed by atoms with Crippen LogP contribution in [-0.4, -0.2) is 18.0 Å². The number of nitrogens with two attached hydrogens (primary N) is 1. The zero-order valence-electron chi connectivity index (χ0n) is 15.0. The smallest absolute Gasteiger partial charge is 0.336 e. The van der Waals surface area contributed by atoms with Gasteiger partial charge in [0.1, 0.15) is 5.88 Å². The highest BCUT2D eigenvalue weighted by molar-refractivity contribution is 6.97. The molecule has 128 valence electrons. The summed E-state index contributed by atoms with van der Waals surface area (Å²) in [6.07, 6.45) is 0. The Morgan fingerprint density at radius 1 is 0.920 bits per heavy atom. The van der Waals surface area contributed by atoms with Crippen LogP contribution in [0.15, 0.2) is 64.9 Å². The summed E-state index contributed by atoms with van der Waals surface area (Å²) in [4.78, 5) is 16.8. The van der Waals surface area contributed by atoms with E-state index in [4.69, 9.17) is 15.3 Å². The third-order valence-corrected chi connectivity index (χ3v) is 4.69. The van der Waals surface area contributed by atoms with Gasteiger partial charge in [-0.3, -0.25) is 4.79 Å². The highest BCUT2D eigenvalue weighted by Crippen LogP contribution is 2.22. The van der Waals surface area contributed by atoms with Gasteiger partial charge in [-0.15, -0.1) is 10.9 Å². The number of nitrogens with zero attached hydrogens (tertiary/aromatic N) is 1. The van der Waals surface area contributed by atoms with Crippen LogP contribution in [0.5, 0.6) is 0 Å². The molecule has 25 heavy (non-hydrogen) atoms. The number of ketones is 1. The van der Waals surface area contributed by atoms with Gasteiger partial charge >= 0.3 is 6.48 Å². The Labute approximate surface area is 148 Å². The molecule has 0 saturated carbocycles. The molecule has 4 nitrogen and oxygen atoms in total. The first-order valence-corrected chi connectivity index (χ1v) is 8.38. The lowest BCUT2D eigenvalue weighted by Gasteiger charge is -2.44. The highest BCUT2D eigenvalue weighted by Gasteiger charge is 2.36. The highest BCUT2D eigenvalue weighted by atomic mass is 16.5. The van der Waals surface area contributed by atoms with Crippen molar-refractivity contribution in [2.45, 2.75) is 27.7 Å². The van der Waals surface area contributed by atoms with Crippen LogP contribution >= 0.6 is 0 Å². The van der Waals surface area contributed by atoms with Gasteiger partial charge in [0.05, 0.1) is 5.57 Å². The predicted octanol–water partition coefficient (Wildman–Crippen LogP) is 2.11. The first kappa shape index (κ1) is 17.0. The van der Waals surface area contributed by atoms with Crippen LogP contribution in [0, 0.1) is 13.8 Å². The summed E-state index contributed by atoms with van der Waals surface area (Å²) >= 11 is 0. The van der Waals surface area contributed by atoms with Crippen molar-refractivity contribution in [1.82, 2.24) is 0 Å². The molecule has 1 aliphatic heterocycles. The number of aryl methyl sites for hydroxylation is 2. The van der Waals surface area contributed by atoms with Crippen LogP contribution < -0.4 is 16.7 Å². The standard InChI is InChI=1S/C20H22BN2O2/c1-13-5-9-17(10-6-13)21(18-11-7-14(2)8-12-18)23-15(3)19(16(4)24)20(22)25-21/h5-12H,22H2,1-4H3/q-1. The van der Waals surface area contributed by atoms with E-state index in [1.807, 2.05) is 69.3 Å². The molecule has 0 saturated heterocycles. The first-order valence-electron chi connectivity index (χ1n) is 8.38. The fourth-order valence-corrected chi connectivity index (χ4v) is 3.35. The zero-order chi connectivity index (χ0) is 18.2. The summed E-state index contributed by atoms with van der Waals surface area (Å²) < 4.78 is 6.18. The van der Waals surface area contributed by atoms with Crippen LogP contribution in [0.2, 0.25) is 0 Å². The van der Waals surface area contributed by atoms with Gasteiger partial charge in [-0.1, -0.05) is 59.7 Å². The van der Waals surface area contributed by atoms with Crippen molar-refractivity contribution in [3.63, 3.8) is 0 Å². The Bertz CT molecular complexity index is 835. The minimum absolute atomic E-state index is 0.140. The number of benzene rings is 2. The molecule has 0 amide bonds. The van der Waals surface area contributed by atoms with Crippen LogP contribution in [0.25, 0.3) is 0 Å². The minimum atomic E-state index is -1.92. The maximum atomic E-state index is 11.9. The van der Waals surface area contributed by atoms with Gasteiger partial charge < -0.3 is 15.3 Å². The van der Waals surface area contributed by atoms with E-state index in [1.165, 1.54) is 6.92 Å². The zero-order valence-corrected chi connectivity index (χ0v) is 15.0. The summed E-state index contributed by atoms with van der Waals surface area (Å²) in [5.74, 6) is -0.00267. The maximum Gasteiger partial charge on any atom is 0.336 e. The molecule has 2 aromatic rings. The number of rotatable bonds is 3. The largest absolute Gasteiger partial charge is 0.676 e. The van der Waals surface area contributed by atoms with Crippen molar-refractivity contribution in [3.05, 3.63) is 71.1 Å². The van der Waals surface area contributed by atoms with Gasteiger partial charge in [0.25, 0.3) is 0 Å². The molecular formula is C20H22BN2O2-. The lowest BCUT2D eigenvalue weighted by Crippen LogP contribution is -2.62. The summed E-state index contributed by atoms with van der Waals surface area (Å²) in [7, 11) is 0. The fourth-order valence-electron chi connectivity index (χ4n) is 3.35. The number of Topliss-reactive ketones (excluding diaryl/α,β-unsaturated/α-hetero) is 1. The average Bonchev–Trinajstić information content (AvgIpc) is 2.54. The van der Waals surface area contributed by atoms with Gasteiger partial charge in [-0.05, 0) is 27.7 Å². The van der Waals surface area contributed by atoms with Crippen LogP contribution in [-0.2, 0) is 9.45 Å². The molecule has 1 heterocycles. The van der Waals surface area contributed by atoms with Crippen molar-refractivity contribution in [2.24, 2.45) is 10.6 Å². The molecule has 2 N–H and O–H groups in total. The second-order valence-electron chi connectivity index (χ2n) is 6.69. The molecular weight excluding hydrogens is 311 g/mol. The monoisotopic (exact) mass is 333 g/mol. The average molecular weight is 333 g/mol. The second-order valence-corrected chi connectivity index (χ2v) is 6.69. The van der Waals surface area contributed by atoms with E-state index < -0.39 is 6.48 Å². The molecule has 1 aliphatic rings. The Morgan fingerprint density at radius 2 is 1.36 bits per heavy atom. The van der Waals surface area contributed by atoms with E-state index in [0.717, 1.165) is 22.1 Å². The Balaban J connectivity index is 2.23. The van der Waals surface area contributed by atoms with Gasteiger partial charge in [0.2, 0.25) is 0 Å². The molecule has 3 rings (SSSR count). The van der Waals surface area contributed by atoms with E-state index in [-0.39, 0.29) is 11.7 Å². The van der Waals surface area contributed by atoms with Gasteiger partial charge in [-0.2, -0.15) is 0 Å². The van der Waals surface area contributed by atoms with Gasteiger partial charge in [0, 0.05) is 5.71 Å². The predicted molar refractivity (Wildman–Crippen MR) is 103 cm³/mol. The quantitative estimate of drug-likeness (QED) is 0.875. The molecule has 0 atom stereocenters. The van der Waals surface area contributed by atoms with Crippen LogP contribution in [0.3, 0.4) is 0 Å². The topological polar surface area (TPSA) is 64.7 Å². The van der Waals surface area contributed by atoms with E-state index in [9.17, 15) is 4.79 Å². The summed E-state index contributed by atoms with van der Waals surface area (Å²) in [6.45, 7) is 5.43. The van der Waals surface area contributed by atoms with Crippen molar-refractivity contribution in [2.75, 3.05) is 0 Å². The summed E-state index contributed by atoms with van der Waals surface area (Å²) in [6, 6.07) is 16.2. The maximum absolute atomic E-state index is 11.9. The second kappa shape index (κ2) is 6.24. The number of carbonyl (C=O) groups excluding carboxylic acids is 1. The van der Waals surface area contributed by atoms with Crippen molar-refractivity contribution in [3.8, 4) is 0 Å². The minimum Gasteiger partial charge on any atom is -0.676 e. The number of allylic oxidation sites excluding steroid dienone is 1. The van der Waals surface area contributed by atoms with Crippen molar-refractivity contribution >= 4 is 28.9 Å². The van der Waals surface area contributed by atoms with E-state index in [0.29, 0.717) is 11.3 Å². The van der Waals surface area contributed by atoms with E-state index in [2.05, 4.69) is 0 Å². The molecule has 0 unspecified atom stereocenters. The lowest BCUT2D eigenvalue weighted by molar-refractivity contribution is -0.113. The normalized spacial score (nSPS) is 16.2. The fraction of sp³-hybridized carbons (Fsp3) is 0.200. The Hall–Kier alpha value is -2.82. The molecule has 0 spiro atoms. The molecule has 0 aliphatic carbocycles. The molecule has 0 fully saturated rings. The number of hydrogen-bond acceptors (Lipinski definition) is 4. The lowest BCUT2D eigenvalue weighted by atomic mass is 9.42. The Morgan fingerprint density at radius 3 is 1.72 bits per heavy atom. The van der Waals surface area contributed by atoms with E-state index in [1.54, 1.807) is 0 Å². The Kier molecular flexibility index (Phi) is 4.25. The molecule has 5 heteroatoms. The molecule has 0 radical (unpaired) electrons. The summed E-state index contributed by atoms with van der Waals surface area (Å²) in [5, 5.41) is 0. The van der Waals surface area contributed by atoms with Crippen molar-refractivity contribution in [1.29, 1.82) is 0 Å². The first-order chi connectivity index (χ1) is 11.8. The number of carbonyl (C=O) groups is 1. The van der Waals surface area contributed by atoms with Crippen LogP contribution in [0.4, 0.5) is 0 Å². The molecule has 0 aromatic heterocycles. The van der Waals surface area contributed by atoms with Gasteiger partial charge in [-0.25, -0.2) is 0 Å². The third-order valence-electron chi connectivity index (χ3n) is 4.69. The number of hydrogen-bond donors (Lipinski definition) is 1. The summed E-state index contributed by atoms with van der Waals surface area (Å²) in [5.41, 5.74) is 11.3. The van der Waals surface area contributed by atoms with Gasteiger partial charge in [0.15, 0.2) is 5.78 Å². The van der Waals surface area contributed by atoms with E-state index >= 15 is 0 Å².